The Bertz CT molecular complexity index is 404. The molecule has 0 spiro atoms. The van der Waals surface area contributed by atoms with Crippen LogP contribution in [0.5, 0.6) is 5.75 Å². The summed E-state index contributed by atoms with van der Waals surface area (Å²) in [6, 6.07) is 3.67. The number of rotatable bonds is 1. The molecule has 3 nitrogen and oxygen atoms in total. The minimum absolute atomic E-state index is 0. The molecule has 7 heteroatoms. The van der Waals surface area contributed by atoms with Gasteiger partial charge in [0.05, 0.1) is 4.90 Å². The fourth-order valence-electron chi connectivity index (χ4n) is 0.655. The van der Waals surface area contributed by atoms with Gasteiger partial charge in [0.25, 0.3) is 9.05 Å². The predicted molar refractivity (Wildman–Crippen MR) is 55.5 cm³/mol. The van der Waals surface area contributed by atoms with Crippen molar-refractivity contribution in [3.8, 4) is 5.75 Å². The Morgan fingerprint density at radius 3 is 2.31 bits per heavy atom. The Balaban J connectivity index is 0.00000144. The van der Waals surface area contributed by atoms with E-state index in [2.05, 4.69) is 12.6 Å². The summed E-state index contributed by atoms with van der Waals surface area (Å²) >= 11 is 3.85. The molecule has 0 amide bonds. The van der Waals surface area contributed by atoms with E-state index in [1.165, 1.54) is 12.1 Å². The zero-order valence-corrected chi connectivity index (χ0v) is 8.20. The van der Waals surface area contributed by atoms with Crippen LogP contribution < -0.4 is 0 Å². The van der Waals surface area contributed by atoms with Crippen LogP contribution >= 0.6 is 23.3 Å². The molecule has 0 unspecified atom stereocenters. The van der Waals surface area contributed by atoms with Crippen molar-refractivity contribution in [1.82, 2.24) is 0 Å². The van der Waals surface area contributed by atoms with E-state index in [4.69, 9.17) is 15.8 Å². The van der Waals surface area contributed by atoms with Gasteiger partial charge in [0, 0.05) is 21.6 Å². The number of phenols is 1. The van der Waals surface area contributed by atoms with E-state index >= 15 is 0 Å². The Morgan fingerprint density at radius 2 is 1.92 bits per heavy atom. The van der Waals surface area contributed by atoms with Gasteiger partial charge in [0.1, 0.15) is 5.75 Å². The van der Waals surface area contributed by atoms with Crippen molar-refractivity contribution in [2.75, 3.05) is 0 Å². The summed E-state index contributed by atoms with van der Waals surface area (Å²) in [5, 5.41) is 9.06. The zero-order valence-electron chi connectivity index (χ0n) is 5.73. The van der Waals surface area contributed by atoms with Gasteiger partial charge in [-0.3, -0.25) is 0 Å². The summed E-state index contributed by atoms with van der Waals surface area (Å²) in [4.78, 5) is 0.165. The van der Waals surface area contributed by atoms with E-state index in [1.807, 2.05) is 0 Å². The first-order chi connectivity index (χ1) is 5.41. The van der Waals surface area contributed by atoms with Gasteiger partial charge in [-0.05, 0) is 12.1 Å². The van der Waals surface area contributed by atoms with Crippen molar-refractivity contribution >= 4 is 61.9 Å². The SMILES string of the molecule is O=S(=O)(Cl)c1ccc(S)c(O)c1.[NaH]. The molecule has 0 aliphatic carbocycles. The molecule has 0 saturated carbocycles. The van der Waals surface area contributed by atoms with Crippen LogP contribution in [0.2, 0.25) is 0 Å². The number of hydrogen-bond donors (Lipinski definition) is 2. The first-order valence-electron chi connectivity index (χ1n) is 2.88. The number of thiol groups is 1. The Morgan fingerprint density at radius 1 is 1.38 bits per heavy atom. The van der Waals surface area contributed by atoms with Gasteiger partial charge in [-0.1, -0.05) is 0 Å². The van der Waals surface area contributed by atoms with E-state index < -0.39 is 9.05 Å². The van der Waals surface area contributed by atoms with Crippen LogP contribution in [0.3, 0.4) is 0 Å². The average molecular weight is 249 g/mol. The number of halogens is 1. The Hall–Kier alpha value is 0.610. The number of phenolic OH excluding ortho intramolecular Hbond substituents is 1. The van der Waals surface area contributed by atoms with Crippen LogP contribution in [-0.4, -0.2) is 43.1 Å². The average Bonchev–Trinajstić information content (AvgIpc) is 1.92. The quantitative estimate of drug-likeness (QED) is 0.442. The van der Waals surface area contributed by atoms with Gasteiger partial charge in [0.2, 0.25) is 0 Å². The van der Waals surface area contributed by atoms with Gasteiger partial charge >= 0.3 is 29.6 Å². The van der Waals surface area contributed by atoms with E-state index in [0.29, 0.717) is 4.90 Å². The zero-order chi connectivity index (χ0) is 9.35. The van der Waals surface area contributed by atoms with E-state index in [1.54, 1.807) is 0 Å². The maximum atomic E-state index is 10.7. The minimum atomic E-state index is -3.76. The third-order valence-electron chi connectivity index (χ3n) is 1.23. The van der Waals surface area contributed by atoms with Gasteiger partial charge < -0.3 is 5.11 Å². The molecular weight excluding hydrogens is 243 g/mol. The van der Waals surface area contributed by atoms with Crippen molar-refractivity contribution < 1.29 is 13.5 Å². The summed E-state index contributed by atoms with van der Waals surface area (Å²) in [6.07, 6.45) is 0. The van der Waals surface area contributed by atoms with Crippen molar-refractivity contribution in [2.45, 2.75) is 9.79 Å². The van der Waals surface area contributed by atoms with E-state index in [9.17, 15) is 8.42 Å². The van der Waals surface area contributed by atoms with Crippen LogP contribution in [0.4, 0.5) is 0 Å². The summed E-state index contributed by atoms with van der Waals surface area (Å²) in [7, 11) is 1.26. The molecule has 1 rings (SSSR count). The standard InChI is InChI=1S/C6H5ClO3S2.Na.H/c7-12(9,10)4-1-2-6(11)5(8)3-4;;/h1-3,8,11H;;. The molecule has 0 aliphatic heterocycles. The first kappa shape index (κ1) is 13.6. The molecule has 0 fully saturated rings. The normalized spacial score (nSPS) is 10.6. The second-order valence-corrected chi connectivity index (χ2v) is 5.14. The molecule has 0 heterocycles. The molecule has 1 N–H and O–H groups in total. The van der Waals surface area contributed by atoms with E-state index in [-0.39, 0.29) is 40.2 Å². The van der Waals surface area contributed by atoms with Gasteiger partial charge in [-0.15, -0.1) is 12.6 Å². The molecule has 0 aliphatic rings. The predicted octanol–water partition coefficient (Wildman–Crippen LogP) is 0.960. The van der Waals surface area contributed by atoms with Crippen molar-refractivity contribution in [3.05, 3.63) is 18.2 Å². The summed E-state index contributed by atoms with van der Waals surface area (Å²) in [6.45, 7) is 0. The van der Waals surface area contributed by atoms with E-state index in [0.717, 1.165) is 6.07 Å². The molecule has 1 aromatic rings. The molecule has 13 heavy (non-hydrogen) atoms. The van der Waals surface area contributed by atoms with Crippen molar-refractivity contribution in [1.29, 1.82) is 0 Å². The summed E-state index contributed by atoms with van der Waals surface area (Å²) in [5.74, 6) is -0.208. The third kappa shape index (κ3) is 3.69. The first-order valence-corrected chi connectivity index (χ1v) is 5.63. The van der Waals surface area contributed by atoms with Gasteiger partial charge in [-0.25, -0.2) is 8.42 Å². The molecule has 0 aromatic heterocycles. The fourth-order valence-corrected chi connectivity index (χ4v) is 1.56. The molecule has 68 valence electrons. The summed E-state index contributed by atoms with van der Waals surface area (Å²) < 4.78 is 21.5. The van der Waals surface area contributed by atoms with Gasteiger partial charge in [0.15, 0.2) is 0 Å². The fraction of sp³-hybridized carbons (Fsp3) is 0. The van der Waals surface area contributed by atoms with Crippen LogP contribution in [-0.2, 0) is 9.05 Å². The van der Waals surface area contributed by atoms with Crippen LogP contribution in [0.25, 0.3) is 0 Å². The molecule has 0 radical (unpaired) electrons. The van der Waals surface area contributed by atoms with Crippen molar-refractivity contribution in [3.63, 3.8) is 0 Å². The molecular formula is C6H6ClNaO3S2. The number of aromatic hydroxyl groups is 1. The van der Waals surface area contributed by atoms with Crippen LogP contribution in [0.15, 0.2) is 28.0 Å². The number of benzene rings is 1. The molecule has 0 saturated heterocycles. The second kappa shape index (κ2) is 4.91. The molecule has 0 bridgehead atoms. The Labute approximate surface area is 108 Å². The second-order valence-electron chi connectivity index (χ2n) is 2.09. The monoisotopic (exact) mass is 248 g/mol. The number of hydrogen-bond acceptors (Lipinski definition) is 4. The van der Waals surface area contributed by atoms with Crippen LogP contribution in [0.1, 0.15) is 0 Å². The van der Waals surface area contributed by atoms with Gasteiger partial charge in [-0.2, -0.15) is 0 Å². The Kier molecular flexibility index (Phi) is 5.14. The summed E-state index contributed by atoms with van der Waals surface area (Å²) in [5.41, 5.74) is 0. The third-order valence-corrected chi connectivity index (χ3v) is 2.96. The van der Waals surface area contributed by atoms with Crippen molar-refractivity contribution in [2.24, 2.45) is 0 Å². The molecule has 1 aromatic carbocycles. The topological polar surface area (TPSA) is 54.4 Å². The molecule has 0 atom stereocenters. The maximum absolute atomic E-state index is 10.7. The van der Waals surface area contributed by atoms with Crippen LogP contribution in [0, 0.1) is 0 Å².